The molecule has 0 aromatic carbocycles. The van der Waals surface area contributed by atoms with Crippen LogP contribution >= 0.6 is 11.3 Å². The highest BCUT2D eigenvalue weighted by molar-refractivity contribution is 7.93. The van der Waals surface area contributed by atoms with Gasteiger partial charge >= 0.3 is 0 Å². The van der Waals surface area contributed by atoms with Crippen LogP contribution in [-0.2, 0) is 9.84 Å². The quantitative estimate of drug-likeness (QED) is 0.747. The molecule has 1 aromatic rings. The van der Waals surface area contributed by atoms with Crippen LogP contribution in [0.15, 0.2) is 10.5 Å². The zero-order valence-electron chi connectivity index (χ0n) is 12.2. The van der Waals surface area contributed by atoms with Gasteiger partial charge in [-0.15, -0.1) is 0 Å². The van der Waals surface area contributed by atoms with Crippen molar-refractivity contribution in [1.29, 1.82) is 0 Å². The molecule has 5 nitrogen and oxygen atoms in total. The molecule has 0 saturated heterocycles. The van der Waals surface area contributed by atoms with Gasteiger partial charge in [0, 0.05) is 6.54 Å². The second-order valence-electron chi connectivity index (χ2n) is 5.04. The topological polar surface area (TPSA) is 76.1 Å². The Kier molecular flexibility index (Phi) is 6.61. The van der Waals surface area contributed by atoms with Gasteiger partial charge in [-0.3, -0.25) is 4.79 Å². The average molecular weight is 318 g/mol. The lowest BCUT2D eigenvalue weighted by Crippen LogP contribution is -2.23. The van der Waals surface area contributed by atoms with Crippen LogP contribution in [0.4, 0.5) is 0 Å². The van der Waals surface area contributed by atoms with Crippen LogP contribution in [-0.4, -0.2) is 31.6 Å². The third kappa shape index (κ3) is 5.20. The maximum atomic E-state index is 11.8. The van der Waals surface area contributed by atoms with Crippen molar-refractivity contribution in [2.75, 3.05) is 12.3 Å². The molecule has 0 aliphatic heterocycles. The first-order valence-corrected chi connectivity index (χ1v) is 9.30. The molecule has 0 aliphatic carbocycles. The van der Waals surface area contributed by atoms with Crippen molar-refractivity contribution in [2.45, 2.75) is 44.4 Å². The summed E-state index contributed by atoms with van der Waals surface area (Å²) in [5.74, 6) is 0.426. The second kappa shape index (κ2) is 7.73. The lowest BCUT2D eigenvalue weighted by atomic mass is 10.1. The van der Waals surface area contributed by atoms with E-state index in [0.29, 0.717) is 17.3 Å². The highest BCUT2D eigenvalue weighted by Crippen LogP contribution is 2.19. The third-order valence-corrected chi connectivity index (χ3v) is 6.05. The molecule has 1 amide bonds. The Morgan fingerprint density at radius 3 is 2.70 bits per heavy atom. The van der Waals surface area contributed by atoms with E-state index >= 15 is 0 Å². The maximum absolute atomic E-state index is 11.8. The van der Waals surface area contributed by atoms with Crippen molar-refractivity contribution >= 4 is 27.1 Å². The van der Waals surface area contributed by atoms with Crippen LogP contribution in [0.2, 0.25) is 0 Å². The number of carbonyl (C=O) groups is 1. The van der Waals surface area contributed by atoms with E-state index in [1.165, 1.54) is 6.20 Å². The Morgan fingerprint density at radius 2 is 2.10 bits per heavy atom. The van der Waals surface area contributed by atoms with Gasteiger partial charge in [-0.05, 0) is 12.3 Å². The molecule has 0 unspecified atom stereocenters. The number of rotatable bonds is 8. The smallest absolute Gasteiger partial charge is 0.263 e. The van der Waals surface area contributed by atoms with E-state index in [9.17, 15) is 13.2 Å². The van der Waals surface area contributed by atoms with E-state index < -0.39 is 9.84 Å². The Labute approximate surface area is 124 Å². The van der Waals surface area contributed by atoms with Crippen molar-refractivity contribution in [2.24, 2.45) is 5.92 Å². The standard InChI is InChI=1S/C13H22N2O3S2/c1-4-20(17,18)13-15-9-11(19-13)12(16)14-8-6-5-7-10(2)3/h9-10H,4-8H2,1-3H3,(H,14,16). The minimum absolute atomic E-state index is 0.00320. The Morgan fingerprint density at radius 1 is 1.40 bits per heavy atom. The maximum Gasteiger partial charge on any atom is 0.263 e. The van der Waals surface area contributed by atoms with E-state index in [2.05, 4.69) is 24.1 Å². The summed E-state index contributed by atoms with van der Waals surface area (Å²) in [6.07, 6.45) is 4.49. The molecule has 0 radical (unpaired) electrons. The highest BCUT2D eigenvalue weighted by Gasteiger charge is 2.19. The SMILES string of the molecule is CCS(=O)(=O)c1ncc(C(=O)NCCCCC(C)C)s1. The fourth-order valence-corrected chi connectivity index (χ4v) is 3.75. The molecular formula is C13H22N2O3S2. The number of aromatic nitrogens is 1. The predicted molar refractivity (Wildman–Crippen MR) is 80.9 cm³/mol. The van der Waals surface area contributed by atoms with Gasteiger partial charge in [0.25, 0.3) is 5.91 Å². The molecular weight excluding hydrogens is 296 g/mol. The normalized spacial score (nSPS) is 11.8. The fraction of sp³-hybridized carbons (Fsp3) is 0.692. The minimum Gasteiger partial charge on any atom is -0.351 e. The summed E-state index contributed by atoms with van der Waals surface area (Å²) in [5, 5.41) is 2.79. The highest BCUT2D eigenvalue weighted by atomic mass is 32.2. The number of unbranched alkanes of at least 4 members (excludes halogenated alkanes) is 1. The van der Waals surface area contributed by atoms with E-state index in [-0.39, 0.29) is 16.0 Å². The predicted octanol–water partition coefficient (Wildman–Crippen LogP) is 2.49. The number of nitrogens with one attached hydrogen (secondary N) is 1. The number of thiazole rings is 1. The summed E-state index contributed by atoms with van der Waals surface area (Å²) in [6.45, 7) is 6.52. The van der Waals surface area contributed by atoms with E-state index in [1.807, 2.05) is 0 Å². The molecule has 0 spiro atoms. The molecule has 0 fully saturated rings. The Bertz CT molecular complexity index is 536. The van der Waals surface area contributed by atoms with Gasteiger partial charge < -0.3 is 5.32 Å². The van der Waals surface area contributed by atoms with Crippen molar-refractivity contribution in [3.05, 3.63) is 11.1 Å². The Balaban J connectivity index is 2.45. The molecule has 1 aromatic heterocycles. The van der Waals surface area contributed by atoms with Crippen LogP contribution in [0.1, 0.15) is 49.7 Å². The first-order chi connectivity index (χ1) is 9.36. The zero-order chi connectivity index (χ0) is 15.2. The van der Waals surface area contributed by atoms with E-state index in [0.717, 1.165) is 30.6 Å². The van der Waals surface area contributed by atoms with Crippen molar-refractivity contribution < 1.29 is 13.2 Å². The van der Waals surface area contributed by atoms with Crippen molar-refractivity contribution in [3.63, 3.8) is 0 Å². The van der Waals surface area contributed by atoms with Crippen LogP contribution < -0.4 is 5.32 Å². The first kappa shape index (κ1) is 17.1. The van der Waals surface area contributed by atoms with Crippen molar-refractivity contribution in [3.8, 4) is 0 Å². The molecule has 0 saturated carbocycles. The molecule has 1 rings (SSSR count). The summed E-state index contributed by atoms with van der Waals surface area (Å²) in [5.41, 5.74) is 0. The number of hydrogen-bond acceptors (Lipinski definition) is 5. The monoisotopic (exact) mass is 318 g/mol. The number of hydrogen-bond donors (Lipinski definition) is 1. The second-order valence-corrected chi connectivity index (χ2v) is 8.52. The van der Waals surface area contributed by atoms with Gasteiger partial charge in [-0.1, -0.05) is 44.9 Å². The molecule has 0 bridgehead atoms. The molecule has 114 valence electrons. The van der Waals surface area contributed by atoms with Gasteiger partial charge in [0.15, 0.2) is 0 Å². The van der Waals surface area contributed by atoms with Gasteiger partial charge in [-0.25, -0.2) is 13.4 Å². The lowest BCUT2D eigenvalue weighted by Gasteiger charge is -2.05. The summed E-state index contributed by atoms with van der Waals surface area (Å²) in [7, 11) is -3.32. The van der Waals surface area contributed by atoms with Crippen LogP contribution in [0.5, 0.6) is 0 Å². The van der Waals surface area contributed by atoms with E-state index in [4.69, 9.17) is 0 Å². The molecule has 1 N–H and O–H groups in total. The van der Waals surface area contributed by atoms with Crippen LogP contribution in [0, 0.1) is 5.92 Å². The molecule has 1 heterocycles. The van der Waals surface area contributed by atoms with E-state index in [1.54, 1.807) is 6.92 Å². The minimum atomic E-state index is -3.32. The lowest BCUT2D eigenvalue weighted by molar-refractivity contribution is 0.0956. The van der Waals surface area contributed by atoms with Gasteiger partial charge in [0.05, 0.1) is 11.9 Å². The number of sulfone groups is 1. The average Bonchev–Trinajstić information content (AvgIpc) is 2.88. The van der Waals surface area contributed by atoms with Gasteiger partial charge in [0.2, 0.25) is 14.2 Å². The largest absolute Gasteiger partial charge is 0.351 e. The van der Waals surface area contributed by atoms with Gasteiger partial charge in [0.1, 0.15) is 4.88 Å². The molecule has 7 heteroatoms. The number of amides is 1. The van der Waals surface area contributed by atoms with Crippen LogP contribution in [0.25, 0.3) is 0 Å². The summed E-state index contributed by atoms with van der Waals surface area (Å²) >= 11 is 0.930. The van der Waals surface area contributed by atoms with Crippen molar-refractivity contribution in [1.82, 2.24) is 10.3 Å². The van der Waals surface area contributed by atoms with Crippen LogP contribution in [0.3, 0.4) is 0 Å². The number of nitrogens with zero attached hydrogens (tertiary/aromatic N) is 1. The zero-order valence-corrected chi connectivity index (χ0v) is 13.8. The summed E-state index contributed by atoms with van der Waals surface area (Å²) < 4.78 is 23.3. The Hall–Kier alpha value is -0.950. The molecule has 20 heavy (non-hydrogen) atoms. The number of carbonyl (C=O) groups excluding carboxylic acids is 1. The summed E-state index contributed by atoms with van der Waals surface area (Å²) in [6, 6.07) is 0. The third-order valence-electron chi connectivity index (χ3n) is 2.85. The molecule has 0 atom stereocenters. The first-order valence-electron chi connectivity index (χ1n) is 6.83. The summed E-state index contributed by atoms with van der Waals surface area (Å²) in [4.78, 5) is 16.0. The van der Waals surface area contributed by atoms with Gasteiger partial charge in [-0.2, -0.15) is 0 Å². The fourth-order valence-electron chi connectivity index (χ4n) is 1.60. The molecule has 0 aliphatic rings.